The number of unbranched alkanes of at least 4 members (excludes halogenated alkanes) is 3. The second-order valence-electron chi connectivity index (χ2n) is 6.44. The van der Waals surface area contributed by atoms with Crippen molar-refractivity contribution >= 4 is 11.9 Å². The van der Waals surface area contributed by atoms with Gasteiger partial charge in [-0.15, -0.1) is 0 Å². The highest BCUT2D eigenvalue weighted by atomic mass is 16.4. The Kier molecular flexibility index (Phi) is 6.46. The van der Waals surface area contributed by atoms with E-state index >= 15 is 0 Å². The van der Waals surface area contributed by atoms with Gasteiger partial charge in [-0.05, 0) is 6.42 Å². The lowest BCUT2D eigenvalue weighted by Crippen LogP contribution is -2.49. The van der Waals surface area contributed by atoms with Gasteiger partial charge < -0.3 is 19.3 Å². The van der Waals surface area contributed by atoms with Crippen LogP contribution in [-0.4, -0.2) is 61.0 Å². The smallest absolute Gasteiger partial charge is 0.246 e. The molecule has 0 bridgehead atoms. The topological polar surface area (TPSA) is 60.2 Å². The van der Waals surface area contributed by atoms with Crippen LogP contribution in [0.5, 0.6) is 0 Å². The summed E-state index contributed by atoms with van der Waals surface area (Å²) in [7, 11) is 3.75. The van der Waals surface area contributed by atoms with Crippen molar-refractivity contribution in [3.63, 3.8) is 0 Å². The van der Waals surface area contributed by atoms with Gasteiger partial charge >= 0.3 is 0 Å². The van der Waals surface area contributed by atoms with Crippen LogP contribution in [0.1, 0.15) is 45.4 Å². The van der Waals surface area contributed by atoms with Crippen molar-refractivity contribution in [2.75, 3.05) is 33.7 Å². The summed E-state index contributed by atoms with van der Waals surface area (Å²) in [5, 5.41) is 10.6. The molecule has 1 saturated heterocycles. The molecule has 0 aromatic heterocycles. The van der Waals surface area contributed by atoms with Crippen molar-refractivity contribution in [2.24, 2.45) is 0 Å². The number of nitrogens with zero attached hydrogens (tertiary/aromatic N) is 2. The van der Waals surface area contributed by atoms with Crippen molar-refractivity contribution < 1.29 is 19.2 Å². The number of carbonyl (C=O) groups excluding carboxylic acids is 2. The molecule has 1 atom stereocenters. The molecule has 5 nitrogen and oxygen atoms in total. The van der Waals surface area contributed by atoms with Crippen LogP contribution in [0.15, 0.2) is 0 Å². The van der Waals surface area contributed by atoms with Crippen molar-refractivity contribution in [1.82, 2.24) is 4.90 Å². The molecule has 20 heavy (non-hydrogen) atoms. The molecule has 0 aromatic carbocycles. The van der Waals surface area contributed by atoms with Crippen LogP contribution in [0.2, 0.25) is 0 Å². The Morgan fingerprint density at radius 3 is 2.55 bits per heavy atom. The van der Waals surface area contributed by atoms with E-state index in [2.05, 4.69) is 6.92 Å². The summed E-state index contributed by atoms with van der Waals surface area (Å²) in [6.45, 7) is 3.71. The molecule has 0 N–H and O–H groups in total. The number of carbonyl (C=O) groups is 2. The Morgan fingerprint density at radius 2 is 1.95 bits per heavy atom. The number of likely N-dealkylation sites (N-methyl/N-ethyl adjacent to an activating group) is 1. The molecule has 0 aliphatic carbocycles. The molecular weight excluding hydrogens is 256 g/mol. The normalized spacial score (nSPS) is 18.4. The van der Waals surface area contributed by atoms with Gasteiger partial charge in [-0.25, -0.2) is 0 Å². The fraction of sp³-hybridized carbons (Fsp3) is 0.867. The van der Waals surface area contributed by atoms with E-state index in [0.29, 0.717) is 4.48 Å². The number of hydrogen-bond donors (Lipinski definition) is 0. The third kappa shape index (κ3) is 5.90. The van der Waals surface area contributed by atoms with Gasteiger partial charge in [0.1, 0.15) is 12.6 Å². The molecule has 5 heteroatoms. The SMILES string of the molecule is CCCCCCC1C(=O)N1CCC[N+](C)(C)CC(=O)[O-]. The van der Waals surface area contributed by atoms with E-state index in [9.17, 15) is 14.7 Å². The van der Waals surface area contributed by atoms with Gasteiger partial charge in [0.15, 0.2) is 0 Å². The minimum absolute atomic E-state index is 0.0222. The molecule has 1 rings (SSSR count). The zero-order chi connectivity index (χ0) is 15.2. The van der Waals surface area contributed by atoms with Gasteiger partial charge in [-0.2, -0.15) is 0 Å². The largest absolute Gasteiger partial charge is 0.544 e. The minimum atomic E-state index is -1.02. The van der Waals surface area contributed by atoms with Crippen LogP contribution in [0.3, 0.4) is 0 Å². The predicted molar refractivity (Wildman–Crippen MR) is 75.7 cm³/mol. The van der Waals surface area contributed by atoms with E-state index in [1.165, 1.54) is 19.3 Å². The summed E-state index contributed by atoms with van der Waals surface area (Å²) >= 11 is 0. The minimum Gasteiger partial charge on any atom is -0.544 e. The number of quaternary nitrogens is 1. The van der Waals surface area contributed by atoms with E-state index in [1.807, 2.05) is 19.0 Å². The quantitative estimate of drug-likeness (QED) is 0.313. The maximum absolute atomic E-state index is 11.6. The Morgan fingerprint density at radius 1 is 1.25 bits per heavy atom. The highest BCUT2D eigenvalue weighted by Gasteiger charge is 2.44. The first-order chi connectivity index (χ1) is 9.37. The van der Waals surface area contributed by atoms with Gasteiger partial charge in [0.25, 0.3) is 0 Å². The lowest BCUT2D eigenvalue weighted by molar-refractivity contribution is -0.884. The van der Waals surface area contributed by atoms with E-state index in [-0.39, 0.29) is 18.5 Å². The average Bonchev–Trinajstić information content (AvgIpc) is 2.93. The second-order valence-corrected chi connectivity index (χ2v) is 6.44. The summed E-state index contributed by atoms with van der Waals surface area (Å²) in [4.78, 5) is 24.2. The first-order valence-corrected chi connectivity index (χ1v) is 7.69. The standard InChI is InChI=1S/C15H28N2O3/c1-4-5-6-7-9-13-15(20)16(13)10-8-11-17(2,3)12-14(18)19/h13H,4-12H2,1-3H3. The number of amides is 1. The van der Waals surface area contributed by atoms with Crippen LogP contribution in [0.4, 0.5) is 0 Å². The van der Waals surface area contributed by atoms with Gasteiger partial charge in [0.05, 0.1) is 26.6 Å². The highest BCUT2D eigenvalue weighted by molar-refractivity contribution is 5.96. The third-order valence-electron chi connectivity index (χ3n) is 3.93. The van der Waals surface area contributed by atoms with Gasteiger partial charge in [0, 0.05) is 13.0 Å². The monoisotopic (exact) mass is 284 g/mol. The molecule has 1 fully saturated rings. The van der Waals surface area contributed by atoms with Crippen LogP contribution < -0.4 is 5.11 Å². The molecular formula is C15H28N2O3. The van der Waals surface area contributed by atoms with Crippen LogP contribution >= 0.6 is 0 Å². The van der Waals surface area contributed by atoms with Crippen LogP contribution in [-0.2, 0) is 9.59 Å². The zero-order valence-corrected chi connectivity index (χ0v) is 13.1. The van der Waals surface area contributed by atoms with Crippen molar-refractivity contribution in [2.45, 2.75) is 51.5 Å². The maximum Gasteiger partial charge on any atom is 0.246 e. The van der Waals surface area contributed by atoms with Gasteiger partial charge in [0.2, 0.25) is 5.91 Å². The lowest BCUT2D eigenvalue weighted by Gasteiger charge is -2.30. The van der Waals surface area contributed by atoms with Crippen LogP contribution in [0, 0.1) is 0 Å². The van der Waals surface area contributed by atoms with Gasteiger partial charge in [-0.1, -0.05) is 32.6 Å². The summed E-state index contributed by atoms with van der Waals surface area (Å²) in [5.41, 5.74) is 0. The van der Waals surface area contributed by atoms with Gasteiger partial charge in [-0.3, -0.25) is 4.79 Å². The molecule has 1 unspecified atom stereocenters. The first-order valence-electron chi connectivity index (χ1n) is 7.69. The summed E-state index contributed by atoms with van der Waals surface area (Å²) in [6.07, 6.45) is 6.63. The number of hydrogen-bond acceptors (Lipinski definition) is 3. The fourth-order valence-electron chi connectivity index (χ4n) is 2.67. The number of aliphatic carboxylic acids is 1. The number of carboxylic acids is 1. The number of rotatable bonds is 11. The fourth-order valence-corrected chi connectivity index (χ4v) is 2.67. The Balaban J connectivity index is 2.14. The van der Waals surface area contributed by atoms with Crippen molar-refractivity contribution in [3.05, 3.63) is 0 Å². The summed E-state index contributed by atoms with van der Waals surface area (Å²) in [5.74, 6) is -0.752. The van der Waals surface area contributed by atoms with E-state index < -0.39 is 5.97 Å². The van der Waals surface area contributed by atoms with E-state index in [4.69, 9.17) is 0 Å². The third-order valence-corrected chi connectivity index (χ3v) is 3.93. The Hall–Kier alpha value is -1.10. The summed E-state index contributed by atoms with van der Waals surface area (Å²) < 4.78 is 0.408. The first kappa shape index (κ1) is 17.0. The Labute approximate surface area is 122 Å². The van der Waals surface area contributed by atoms with E-state index in [1.54, 1.807) is 0 Å². The molecule has 0 radical (unpaired) electrons. The number of carboxylic acid groups (broad SMARTS) is 1. The second kappa shape index (κ2) is 7.62. The maximum atomic E-state index is 11.6. The molecule has 0 saturated carbocycles. The van der Waals surface area contributed by atoms with E-state index in [0.717, 1.165) is 32.4 Å². The molecule has 1 aliphatic rings. The summed E-state index contributed by atoms with van der Waals surface area (Å²) in [6, 6.07) is 0.142. The molecule has 0 spiro atoms. The van der Waals surface area contributed by atoms with Crippen molar-refractivity contribution in [1.29, 1.82) is 0 Å². The van der Waals surface area contributed by atoms with Crippen LogP contribution in [0.25, 0.3) is 0 Å². The lowest BCUT2D eigenvalue weighted by atomic mass is 10.1. The zero-order valence-electron chi connectivity index (χ0n) is 13.1. The highest BCUT2D eigenvalue weighted by Crippen LogP contribution is 2.25. The molecule has 1 heterocycles. The predicted octanol–water partition coefficient (Wildman–Crippen LogP) is 0.384. The van der Waals surface area contributed by atoms with Crippen molar-refractivity contribution in [3.8, 4) is 0 Å². The molecule has 0 aromatic rings. The molecule has 1 amide bonds. The average molecular weight is 284 g/mol. The Bertz CT molecular complexity index is 342. The molecule has 1 aliphatic heterocycles. The molecule has 116 valence electrons.